The van der Waals surface area contributed by atoms with E-state index in [1.54, 1.807) is 12.1 Å². The molecular formula is C21H23N3O6. The minimum absolute atomic E-state index is 0.0143. The van der Waals surface area contributed by atoms with Crippen molar-refractivity contribution in [3.05, 3.63) is 63.7 Å². The monoisotopic (exact) mass is 413 g/mol. The zero-order chi connectivity index (χ0) is 21.5. The Labute approximate surface area is 173 Å². The highest BCUT2D eigenvalue weighted by atomic mass is 16.6. The average molecular weight is 413 g/mol. The summed E-state index contributed by atoms with van der Waals surface area (Å²) in [6.45, 7) is 3.51. The Kier molecular flexibility index (Phi) is 6.97. The number of carbonyl (C=O) groups excluding carboxylic acids is 2. The number of nitro benzene ring substituents is 1. The fourth-order valence-electron chi connectivity index (χ4n) is 3.22. The third kappa shape index (κ3) is 5.12. The summed E-state index contributed by atoms with van der Waals surface area (Å²) in [5, 5.41) is 14.2. The number of hydrogen-bond donors (Lipinski definition) is 1. The van der Waals surface area contributed by atoms with Crippen molar-refractivity contribution >= 4 is 28.9 Å². The highest BCUT2D eigenvalue weighted by Crippen LogP contribution is 2.30. The van der Waals surface area contributed by atoms with Crippen LogP contribution in [-0.4, -0.2) is 49.7 Å². The average Bonchev–Trinajstić information content (AvgIpc) is 2.78. The van der Waals surface area contributed by atoms with Crippen LogP contribution in [0.25, 0.3) is 0 Å². The Bertz CT molecular complexity index is 940. The van der Waals surface area contributed by atoms with Crippen LogP contribution >= 0.6 is 0 Å². The van der Waals surface area contributed by atoms with Gasteiger partial charge in [-0.15, -0.1) is 0 Å². The molecular weight excluding hydrogens is 390 g/mol. The van der Waals surface area contributed by atoms with Crippen molar-refractivity contribution in [3.8, 4) is 0 Å². The van der Waals surface area contributed by atoms with Crippen molar-refractivity contribution in [2.45, 2.75) is 13.3 Å². The number of anilines is 2. The SMILES string of the molecule is CCc1ccccc1NC(=O)COC(=O)c1ccc(N2CCOCC2)c([N+](=O)[O-])c1. The van der Waals surface area contributed by atoms with Gasteiger partial charge in [0.15, 0.2) is 6.61 Å². The first kappa shape index (κ1) is 21.3. The molecule has 2 aromatic rings. The second kappa shape index (κ2) is 9.84. The van der Waals surface area contributed by atoms with Gasteiger partial charge in [0.05, 0.1) is 23.7 Å². The summed E-state index contributed by atoms with van der Waals surface area (Å²) in [6, 6.07) is 11.5. The molecule has 0 unspecified atom stereocenters. The quantitative estimate of drug-likeness (QED) is 0.422. The summed E-state index contributed by atoms with van der Waals surface area (Å²) in [5.74, 6) is -1.28. The molecule has 1 heterocycles. The summed E-state index contributed by atoms with van der Waals surface area (Å²) in [4.78, 5) is 37.3. The van der Waals surface area contributed by atoms with E-state index >= 15 is 0 Å². The molecule has 30 heavy (non-hydrogen) atoms. The van der Waals surface area contributed by atoms with E-state index in [1.807, 2.05) is 24.0 Å². The van der Waals surface area contributed by atoms with E-state index in [9.17, 15) is 19.7 Å². The summed E-state index contributed by atoms with van der Waals surface area (Å²) in [7, 11) is 0. The molecule has 0 bridgehead atoms. The van der Waals surface area contributed by atoms with Crippen molar-refractivity contribution < 1.29 is 24.0 Å². The number of nitrogens with one attached hydrogen (secondary N) is 1. The third-order valence-electron chi connectivity index (χ3n) is 4.77. The van der Waals surface area contributed by atoms with Crippen LogP contribution < -0.4 is 10.2 Å². The standard InChI is InChI=1S/C21H23N3O6/c1-2-15-5-3-4-6-17(15)22-20(25)14-30-21(26)16-7-8-18(19(13-16)24(27)28)23-9-11-29-12-10-23/h3-8,13H,2,9-12,14H2,1H3,(H,22,25). The lowest BCUT2D eigenvalue weighted by atomic mass is 10.1. The highest BCUT2D eigenvalue weighted by Gasteiger charge is 2.24. The van der Waals surface area contributed by atoms with Crippen molar-refractivity contribution in [1.29, 1.82) is 0 Å². The van der Waals surface area contributed by atoms with Gasteiger partial charge in [-0.25, -0.2) is 4.79 Å². The summed E-state index contributed by atoms with van der Waals surface area (Å²) in [6.07, 6.45) is 0.745. The van der Waals surface area contributed by atoms with Gasteiger partial charge in [-0.05, 0) is 30.2 Å². The maximum atomic E-state index is 12.3. The molecule has 9 heteroatoms. The van der Waals surface area contributed by atoms with Crippen LogP contribution in [0.4, 0.5) is 17.1 Å². The molecule has 2 aromatic carbocycles. The van der Waals surface area contributed by atoms with E-state index in [2.05, 4.69) is 5.32 Å². The van der Waals surface area contributed by atoms with Gasteiger partial charge in [-0.2, -0.15) is 0 Å². The van der Waals surface area contributed by atoms with Gasteiger partial charge in [0.2, 0.25) is 0 Å². The van der Waals surface area contributed by atoms with Crippen LogP contribution in [0.5, 0.6) is 0 Å². The Balaban J connectivity index is 1.65. The minimum Gasteiger partial charge on any atom is -0.452 e. The molecule has 1 aliphatic rings. The number of aryl methyl sites for hydroxylation is 1. The van der Waals surface area contributed by atoms with Crippen LogP contribution in [0, 0.1) is 10.1 Å². The first-order valence-corrected chi connectivity index (χ1v) is 9.65. The van der Waals surface area contributed by atoms with Crippen molar-refractivity contribution in [1.82, 2.24) is 0 Å². The molecule has 9 nitrogen and oxygen atoms in total. The molecule has 0 saturated carbocycles. The number of ether oxygens (including phenoxy) is 2. The van der Waals surface area contributed by atoms with Crippen molar-refractivity contribution in [2.24, 2.45) is 0 Å². The minimum atomic E-state index is -0.800. The van der Waals surface area contributed by atoms with Crippen LogP contribution in [-0.2, 0) is 20.7 Å². The number of nitro groups is 1. The van der Waals surface area contributed by atoms with Crippen molar-refractivity contribution in [3.63, 3.8) is 0 Å². The van der Waals surface area contributed by atoms with Crippen LogP contribution in [0.1, 0.15) is 22.8 Å². The van der Waals surface area contributed by atoms with Gasteiger partial charge in [0, 0.05) is 24.8 Å². The maximum absolute atomic E-state index is 12.3. The molecule has 0 spiro atoms. The predicted molar refractivity (Wildman–Crippen MR) is 111 cm³/mol. The van der Waals surface area contributed by atoms with Gasteiger partial charge in [-0.3, -0.25) is 14.9 Å². The largest absolute Gasteiger partial charge is 0.452 e. The van der Waals surface area contributed by atoms with Crippen LogP contribution in [0.15, 0.2) is 42.5 Å². The van der Waals surface area contributed by atoms with Crippen molar-refractivity contribution in [2.75, 3.05) is 43.1 Å². The van der Waals surface area contributed by atoms with Crippen LogP contribution in [0.3, 0.4) is 0 Å². The number of esters is 1. The predicted octanol–water partition coefficient (Wildman–Crippen LogP) is 2.79. The number of morpholine rings is 1. The molecule has 1 fully saturated rings. The van der Waals surface area contributed by atoms with E-state index in [-0.39, 0.29) is 11.3 Å². The third-order valence-corrected chi connectivity index (χ3v) is 4.77. The summed E-state index contributed by atoms with van der Waals surface area (Å²) in [5.41, 5.74) is 1.87. The van der Waals surface area contributed by atoms with Gasteiger partial charge in [0.25, 0.3) is 11.6 Å². The van der Waals surface area contributed by atoms with Gasteiger partial charge >= 0.3 is 5.97 Å². The number of hydrogen-bond acceptors (Lipinski definition) is 7. The zero-order valence-corrected chi connectivity index (χ0v) is 16.6. The molecule has 0 aliphatic carbocycles. The first-order valence-electron chi connectivity index (χ1n) is 9.65. The highest BCUT2D eigenvalue weighted by molar-refractivity contribution is 5.96. The molecule has 1 aliphatic heterocycles. The number of amides is 1. The van der Waals surface area contributed by atoms with E-state index < -0.39 is 23.4 Å². The Morgan fingerprint density at radius 2 is 1.93 bits per heavy atom. The molecule has 0 radical (unpaired) electrons. The fourth-order valence-corrected chi connectivity index (χ4v) is 3.22. The summed E-state index contributed by atoms with van der Waals surface area (Å²) >= 11 is 0. The Morgan fingerprint density at radius 1 is 1.20 bits per heavy atom. The molecule has 0 atom stereocenters. The molecule has 3 rings (SSSR count). The van der Waals surface area contributed by atoms with Gasteiger partial charge in [0.1, 0.15) is 5.69 Å². The molecule has 158 valence electrons. The van der Waals surface area contributed by atoms with E-state index in [4.69, 9.17) is 9.47 Å². The van der Waals surface area contributed by atoms with Gasteiger partial charge < -0.3 is 19.7 Å². The van der Waals surface area contributed by atoms with E-state index in [1.165, 1.54) is 18.2 Å². The lowest BCUT2D eigenvalue weighted by Gasteiger charge is -2.28. The molecule has 1 amide bonds. The van der Waals surface area contributed by atoms with E-state index in [0.29, 0.717) is 37.7 Å². The lowest BCUT2D eigenvalue weighted by molar-refractivity contribution is -0.384. The topological polar surface area (TPSA) is 111 Å². The normalized spacial score (nSPS) is 13.6. The number of nitrogens with zero attached hydrogens (tertiary/aromatic N) is 2. The van der Waals surface area contributed by atoms with Crippen LogP contribution in [0.2, 0.25) is 0 Å². The number of para-hydroxylation sites is 1. The van der Waals surface area contributed by atoms with E-state index in [0.717, 1.165) is 12.0 Å². The summed E-state index contributed by atoms with van der Waals surface area (Å²) < 4.78 is 10.3. The maximum Gasteiger partial charge on any atom is 0.338 e. The first-order chi connectivity index (χ1) is 14.5. The second-order valence-corrected chi connectivity index (χ2v) is 6.70. The Morgan fingerprint density at radius 3 is 2.63 bits per heavy atom. The lowest BCUT2D eigenvalue weighted by Crippen LogP contribution is -2.36. The number of rotatable bonds is 7. The fraction of sp³-hybridized carbons (Fsp3) is 0.333. The molecule has 1 N–H and O–H groups in total. The van der Waals surface area contributed by atoms with Gasteiger partial charge in [-0.1, -0.05) is 25.1 Å². The smallest absolute Gasteiger partial charge is 0.338 e. The zero-order valence-electron chi connectivity index (χ0n) is 16.6. The Hall–Kier alpha value is -3.46. The molecule has 0 aromatic heterocycles. The molecule has 1 saturated heterocycles. The number of benzene rings is 2. The second-order valence-electron chi connectivity index (χ2n) is 6.70. The number of carbonyl (C=O) groups is 2.